The Hall–Kier alpha value is -0.280. The second-order valence-electron chi connectivity index (χ2n) is 5.60. The number of nitrogens with one attached hydrogen (secondary N) is 1. The van der Waals surface area contributed by atoms with Gasteiger partial charge in [0.15, 0.2) is 0 Å². The van der Waals surface area contributed by atoms with E-state index in [1.54, 1.807) is 0 Å². The first kappa shape index (κ1) is 16.8. The average Bonchev–Trinajstić information content (AvgIpc) is 2.33. The summed E-state index contributed by atoms with van der Waals surface area (Å²) in [6, 6.07) is 5.79. The van der Waals surface area contributed by atoms with Gasteiger partial charge in [0.25, 0.3) is 0 Å². The lowest BCUT2D eigenvalue weighted by Gasteiger charge is -2.41. The van der Waals surface area contributed by atoms with Crippen molar-refractivity contribution in [2.45, 2.75) is 38.8 Å². The van der Waals surface area contributed by atoms with Gasteiger partial charge in [-0.2, -0.15) is 0 Å². The molecule has 1 aromatic rings. The van der Waals surface area contributed by atoms with Crippen LogP contribution in [0.15, 0.2) is 18.2 Å². The Morgan fingerprint density at radius 1 is 1.26 bits per heavy atom. The molecule has 19 heavy (non-hydrogen) atoms. The van der Waals surface area contributed by atoms with Crippen LogP contribution in [-0.2, 0) is 0 Å². The van der Waals surface area contributed by atoms with Gasteiger partial charge in [0.2, 0.25) is 0 Å². The molecule has 108 valence electrons. The van der Waals surface area contributed by atoms with Crippen molar-refractivity contribution in [2.24, 2.45) is 0 Å². The molecule has 0 bridgehead atoms. The highest BCUT2D eigenvalue weighted by Crippen LogP contribution is 2.35. The van der Waals surface area contributed by atoms with Crippen LogP contribution in [0.25, 0.3) is 0 Å². The summed E-state index contributed by atoms with van der Waals surface area (Å²) in [6.07, 6.45) is 1.08. The topological polar surface area (TPSA) is 15.3 Å². The molecule has 2 nitrogen and oxygen atoms in total. The Balaban J connectivity index is 3.19. The molecule has 4 heteroatoms. The molecular weight excluding hydrogens is 279 g/mol. The summed E-state index contributed by atoms with van der Waals surface area (Å²) in [7, 11) is 4.16. The van der Waals surface area contributed by atoms with Crippen molar-refractivity contribution in [3.05, 3.63) is 33.8 Å². The molecule has 0 aliphatic rings. The molecule has 0 saturated carbocycles. The third-order valence-electron chi connectivity index (χ3n) is 3.73. The second-order valence-corrected chi connectivity index (χ2v) is 6.44. The summed E-state index contributed by atoms with van der Waals surface area (Å²) < 4.78 is 0. The smallest absolute Gasteiger partial charge is 0.0516 e. The van der Waals surface area contributed by atoms with Gasteiger partial charge in [0, 0.05) is 15.6 Å². The molecule has 0 spiro atoms. The fraction of sp³-hybridized carbons (Fsp3) is 0.600. The van der Waals surface area contributed by atoms with Crippen LogP contribution in [-0.4, -0.2) is 31.1 Å². The molecule has 1 rings (SSSR count). The van der Waals surface area contributed by atoms with Gasteiger partial charge in [-0.05, 0) is 64.7 Å². The molecule has 0 aliphatic carbocycles. The second kappa shape index (κ2) is 6.94. The summed E-state index contributed by atoms with van der Waals surface area (Å²) >= 11 is 12.5. The van der Waals surface area contributed by atoms with Crippen molar-refractivity contribution < 1.29 is 0 Å². The number of benzene rings is 1. The van der Waals surface area contributed by atoms with Crippen molar-refractivity contribution in [2.75, 3.05) is 20.6 Å². The van der Waals surface area contributed by atoms with Crippen molar-refractivity contribution in [3.8, 4) is 0 Å². The molecule has 1 unspecified atom stereocenters. The lowest BCUT2D eigenvalue weighted by molar-refractivity contribution is 0.138. The van der Waals surface area contributed by atoms with E-state index < -0.39 is 0 Å². The fourth-order valence-corrected chi connectivity index (χ4v) is 2.43. The van der Waals surface area contributed by atoms with E-state index >= 15 is 0 Å². The van der Waals surface area contributed by atoms with Crippen LogP contribution in [0.2, 0.25) is 10.0 Å². The van der Waals surface area contributed by atoms with Gasteiger partial charge in [0.1, 0.15) is 0 Å². The normalized spacial score (nSPS) is 13.9. The molecule has 0 amide bonds. The van der Waals surface area contributed by atoms with E-state index in [-0.39, 0.29) is 11.6 Å². The predicted octanol–water partition coefficient (Wildman–Crippen LogP) is 4.37. The largest absolute Gasteiger partial charge is 0.308 e. The zero-order valence-electron chi connectivity index (χ0n) is 12.4. The van der Waals surface area contributed by atoms with Gasteiger partial charge in [0.05, 0.1) is 6.04 Å². The van der Waals surface area contributed by atoms with Crippen LogP contribution in [0.4, 0.5) is 0 Å². The Bertz CT molecular complexity index is 417. The van der Waals surface area contributed by atoms with E-state index in [0.29, 0.717) is 0 Å². The molecular formula is C15H24Cl2N2. The first-order chi connectivity index (χ1) is 8.80. The molecule has 0 saturated heterocycles. The van der Waals surface area contributed by atoms with Gasteiger partial charge in [-0.1, -0.05) is 30.1 Å². The van der Waals surface area contributed by atoms with Crippen LogP contribution >= 0.6 is 23.2 Å². The lowest BCUT2D eigenvalue weighted by atomic mass is 9.87. The minimum absolute atomic E-state index is 0.0660. The van der Waals surface area contributed by atoms with E-state index in [1.165, 1.54) is 0 Å². The van der Waals surface area contributed by atoms with E-state index in [4.69, 9.17) is 23.2 Å². The summed E-state index contributed by atoms with van der Waals surface area (Å²) in [5.74, 6) is 0. The monoisotopic (exact) mass is 302 g/mol. The predicted molar refractivity (Wildman–Crippen MR) is 85.3 cm³/mol. The Morgan fingerprint density at radius 2 is 1.89 bits per heavy atom. The number of nitrogens with zero attached hydrogens (tertiary/aromatic N) is 1. The van der Waals surface area contributed by atoms with Crippen LogP contribution in [0, 0.1) is 0 Å². The Labute approximate surface area is 127 Å². The van der Waals surface area contributed by atoms with Crippen LogP contribution in [0.5, 0.6) is 0 Å². The van der Waals surface area contributed by atoms with Gasteiger partial charge < -0.3 is 10.2 Å². The average molecular weight is 303 g/mol. The van der Waals surface area contributed by atoms with Crippen LogP contribution in [0.3, 0.4) is 0 Å². The van der Waals surface area contributed by atoms with E-state index in [9.17, 15) is 0 Å². The molecule has 0 aromatic heterocycles. The van der Waals surface area contributed by atoms with Gasteiger partial charge in [-0.25, -0.2) is 0 Å². The van der Waals surface area contributed by atoms with E-state index in [0.717, 1.165) is 28.6 Å². The Kier molecular flexibility index (Phi) is 6.13. The van der Waals surface area contributed by atoms with E-state index in [1.807, 2.05) is 18.2 Å². The molecule has 0 aliphatic heterocycles. The number of hydrogen-bond acceptors (Lipinski definition) is 2. The first-order valence-electron chi connectivity index (χ1n) is 6.66. The van der Waals surface area contributed by atoms with Crippen LogP contribution < -0.4 is 5.32 Å². The van der Waals surface area contributed by atoms with Crippen molar-refractivity contribution in [3.63, 3.8) is 0 Å². The standard InChI is InChI=1S/C15H24Cl2N2/c1-6-9-18-14(15(2,3)19(4)5)12-10-11(16)7-8-13(12)17/h7-8,10,14,18H,6,9H2,1-5H3. The van der Waals surface area contributed by atoms with Gasteiger partial charge >= 0.3 is 0 Å². The molecule has 0 radical (unpaired) electrons. The molecule has 1 atom stereocenters. The Morgan fingerprint density at radius 3 is 2.42 bits per heavy atom. The quantitative estimate of drug-likeness (QED) is 0.839. The van der Waals surface area contributed by atoms with Gasteiger partial charge in [-0.3, -0.25) is 0 Å². The molecule has 1 aromatic carbocycles. The van der Waals surface area contributed by atoms with Crippen molar-refractivity contribution in [1.82, 2.24) is 10.2 Å². The summed E-state index contributed by atoms with van der Waals surface area (Å²) in [5.41, 5.74) is 0.991. The molecule has 1 N–H and O–H groups in total. The SMILES string of the molecule is CCCNC(c1cc(Cl)ccc1Cl)C(C)(C)N(C)C. The number of hydrogen-bond donors (Lipinski definition) is 1. The molecule has 0 fully saturated rings. The number of likely N-dealkylation sites (N-methyl/N-ethyl adjacent to an activating group) is 1. The maximum atomic E-state index is 6.36. The summed E-state index contributed by atoms with van der Waals surface area (Å²) in [5, 5.41) is 5.07. The first-order valence-corrected chi connectivity index (χ1v) is 7.42. The van der Waals surface area contributed by atoms with E-state index in [2.05, 4.69) is 45.1 Å². The summed E-state index contributed by atoms with van der Waals surface area (Å²) in [4.78, 5) is 2.21. The maximum absolute atomic E-state index is 6.36. The number of halogens is 2. The lowest BCUT2D eigenvalue weighted by Crippen LogP contribution is -2.49. The zero-order valence-corrected chi connectivity index (χ0v) is 13.9. The highest BCUT2D eigenvalue weighted by Gasteiger charge is 2.33. The summed E-state index contributed by atoms with van der Waals surface area (Å²) in [6.45, 7) is 7.52. The maximum Gasteiger partial charge on any atom is 0.0516 e. The van der Waals surface area contributed by atoms with Crippen LogP contribution in [0.1, 0.15) is 38.8 Å². The highest BCUT2D eigenvalue weighted by molar-refractivity contribution is 6.33. The third-order valence-corrected chi connectivity index (χ3v) is 4.31. The molecule has 0 heterocycles. The van der Waals surface area contributed by atoms with Crippen molar-refractivity contribution in [1.29, 1.82) is 0 Å². The van der Waals surface area contributed by atoms with Crippen molar-refractivity contribution >= 4 is 23.2 Å². The third kappa shape index (κ3) is 4.09. The zero-order chi connectivity index (χ0) is 14.6. The highest BCUT2D eigenvalue weighted by atomic mass is 35.5. The minimum atomic E-state index is -0.0660. The minimum Gasteiger partial charge on any atom is -0.308 e. The fourth-order valence-electron chi connectivity index (χ4n) is 2.02. The number of rotatable bonds is 6. The van der Waals surface area contributed by atoms with Gasteiger partial charge in [-0.15, -0.1) is 0 Å².